The van der Waals surface area contributed by atoms with Gasteiger partial charge in [0.05, 0.1) is 12.3 Å². The topological polar surface area (TPSA) is 83.6 Å². The predicted molar refractivity (Wildman–Crippen MR) is 75.3 cm³/mol. The van der Waals surface area contributed by atoms with Gasteiger partial charge < -0.3 is 19.8 Å². The van der Waals surface area contributed by atoms with E-state index < -0.39 is 11.9 Å². The first kappa shape index (κ1) is 16.1. The molecule has 0 amide bonds. The minimum Gasteiger partial charge on any atom is -0.463 e. The van der Waals surface area contributed by atoms with Gasteiger partial charge in [-0.25, -0.2) is 9.59 Å². The van der Waals surface area contributed by atoms with Crippen LogP contribution in [0, 0.1) is 0 Å². The van der Waals surface area contributed by atoms with Gasteiger partial charge in [0.1, 0.15) is 5.69 Å². The lowest BCUT2D eigenvalue weighted by Crippen LogP contribution is -2.19. The van der Waals surface area contributed by atoms with Crippen LogP contribution in [0.2, 0.25) is 0 Å². The number of anilines is 1. The van der Waals surface area contributed by atoms with Crippen LogP contribution in [-0.4, -0.2) is 29.7 Å². The van der Waals surface area contributed by atoms with Gasteiger partial charge >= 0.3 is 11.9 Å². The van der Waals surface area contributed by atoms with Crippen molar-refractivity contribution in [1.82, 2.24) is 4.57 Å². The Morgan fingerprint density at radius 1 is 1.25 bits per heavy atom. The van der Waals surface area contributed by atoms with Crippen LogP contribution in [0.15, 0.2) is 12.3 Å². The number of unbranched alkanes of at least 4 members (excludes halogenated alkanes) is 1. The molecule has 0 aliphatic heterocycles. The lowest BCUT2D eigenvalue weighted by Gasteiger charge is -2.08. The molecule has 0 bridgehead atoms. The smallest absolute Gasteiger partial charge is 0.355 e. The number of aromatic nitrogens is 1. The number of ether oxygens (including phenoxy) is 2. The number of aryl methyl sites for hydroxylation is 1. The fraction of sp³-hybridized carbons (Fsp3) is 0.571. The van der Waals surface area contributed by atoms with Crippen molar-refractivity contribution in [1.29, 1.82) is 0 Å². The van der Waals surface area contributed by atoms with Crippen LogP contribution < -0.4 is 5.73 Å². The third-order valence-corrected chi connectivity index (χ3v) is 2.67. The summed E-state index contributed by atoms with van der Waals surface area (Å²) in [4.78, 5) is 23.2. The van der Waals surface area contributed by atoms with E-state index in [0.717, 1.165) is 19.3 Å². The molecule has 0 aromatic carbocycles. The standard InChI is InChI=1S/C14H22N2O4/c1-3-5-7-19-13(17)10-20-14(18)12-8-11(15)9-16(12)6-4-2/h8-9H,3-7,10,15H2,1-2H3. The van der Waals surface area contributed by atoms with Crippen LogP contribution in [-0.2, 0) is 20.8 Å². The number of carbonyl (C=O) groups is 2. The normalized spacial score (nSPS) is 10.3. The van der Waals surface area contributed by atoms with E-state index in [1.807, 2.05) is 13.8 Å². The zero-order valence-electron chi connectivity index (χ0n) is 12.1. The van der Waals surface area contributed by atoms with Gasteiger partial charge in [0, 0.05) is 12.7 Å². The van der Waals surface area contributed by atoms with E-state index in [-0.39, 0.29) is 6.61 Å². The zero-order chi connectivity index (χ0) is 15.0. The first-order chi connectivity index (χ1) is 9.58. The number of nitrogens with zero attached hydrogens (tertiary/aromatic N) is 1. The summed E-state index contributed by atoms with van der Waals surface area (Å²) in [7, 11) is 0. The molecule has 0 aliphatic carbocycles. The van der Waals surface area contributed by atoms with Crippen molar-refractivity contribution in [2.75, 3.05) is 18.9 Å². The van der Waals surface area contributed by atoms with E-state index in [9.17, 15) is 9.59 Å². The maximum Gasteiger partial charge on any atom is 0.355 e. The molecule has 112 valence electrons. The molecule has 0 unspecified atom stereocenters. The van der Waals surface area contributed by atoms with Gasteiger partial charge in [-0.15, -0.1) is 0 Å². The molecule has 0 aliphatic rings. The van der Waals surface area contributed by atoms with Crippen molar-refractivity contribution >= 4 is 17.6 Å². The molecule has 20 heavy (non-hydrogen) atoms. The van der Waals surface area contributed by atoms with E-state index in [0.29, 0.717) is 24.5 Å². The Labute approximate surface area is 118 Å². The van der Waals surface area contributed by atoms with Crippen molar-refractivity contribution in [3.8, 4) is 0 Å². The maximum absolute atomic E-state index is 11.9. The molecule has 0 saturated carbocycles. The third-order valence-electron chi connectivity index (χ3n) is 2.67. The Morgan fingerprint density at radius 3 is 2.65 bits per heavy atom. The Kier molecular flexibility index (Phi) is 6.63. The minimum absolute atomic E-state index is 0.353. The highest BCUT2D eigenvalue weighted by Crippen LogP contribution is 2.12. The minimum atomic E-state index is -0.567. The highest BCUT2D eigenvalue weighted by atomic mass is 16.6. The molecule has 1 heterocycles. The van der Waals surface area contributed by atoms with E-state index in [2.05, 4.69) is 0 Å². The highest BCUT2D eigenvalue weighted by molar-refractivity contribution is 5.90. The Hall–Kier alpha value is -1.98. The van der Waals surface area contributed by atoms with E-state index in [1.54, 1.807) is 16.8 Å². The monoisotopic (exact) mass is 282 g/mol. The molecule has 0 atom stereocenters. The second-order valence-corrected chi connectivity index (χ2v) is 4.50. The third kappa shape index (κ3) is 4.95. The summed E-state index contributed by atoms with van der Waals surface area (Å²) in [5.41, 5.74) is 6.51. The summed E-state index contributed by atoms with van der Waals surface area (Å²) in [6.07, 6.45) is 4.29. The largest absolute Gasteiger partial charge is 0.463 e. The fourth-order valence-corrected chi connectivity index (χ4v) is 1.70. The molecule has 2 N–H and O–H groups in total. The van der Waals surface area contributed by atoms with Crippen molar-refractivity contribution in [2.45, 2.75) is 39.7 Å². The van der Waals surface area contributed by atoms with E-state index in [1.165, 1.54) is 0 Å². The van der Waals surface area contributed by atoms with Crippen LogP contribution in [0.5, 0.6) is 0 Å². The average molecular weight is 282 g/mol. The van der Waals surface area contributed by atoms with Crippen LogP contribution >= 0.6 is 0 Å². The first-order valence-electron chi connectivity index (χ1n) is 6.86. The highest BCUT2D eigenvalue weighted by Gasteiger charge is 2.16. The molecule has 1 rings (SSSR count). The summed E-state index contributed by atoms with van der Waals surface area (Å²) in [6.45, 7) is 4.64. The average Bonchev–Trinajstić information content (AvgIpc) is 2.78. The summed E-state index contributed by atoms with van der Waals surface area (Å²) in [5.74, 6) is -1.10. The molecule has 0 spiro atoms. The lowest BCUT2D eigenvalue weighted by atomic mass is 10.4. The van der Waals surface area contributed by atoms with E-state index >= 15 is 0 Å². The van der Waals surface area contributed by atoms with Gasteiger partial charge in [0.2, 0.25) is 0 Å². The SMILES string of the molecule is CCCCOC(=O)COC(=O)c1cc(N)cn1CCC. The number of hydrogen-bond acceptors (Lipinski definition) is 5. The Balaban J connectivity index is 2.48. The second-order valence-electron chi connectivity index (χ2n) is 4.50. The van der Waals surface area contributed by atoms with Gasteiger partial charge in [0.25, 0.3) is 0 Å². The number of hydrogen-bond donors (Lipinski definition) is 1. The Bertz CT molecular complexity index is 454. The van der Waals surface area contributed by atoms with Gasteiger partial charge in [-0.2, -0.15) is 0 Å². The van der Waals surface area contributed by atoms with Crippen molar-refractivity contribution in [3.63, 3.8) is 0 Å². The second kappa shape index (κ2) is 8.24. The zero-order valence-corrected chi connectivity index (χ0v) is 12.1. The summed E-state index contributed by atoms with van der Waals surface area (Å²) < 4.78 is 11.6. The van der Waals surface area contributed by atoms with Crippen molar-refractivity contribution in [2.24, 2.45) is 0 Å². The van der Waals surface area contributed by atoms with Crippen molar-refractivity contribution < 1.29 is 19.1 Å². The molecule has 1 aromatic rings. The molecular weight excluding hydrogens is 260 g/mol. The van der Waals surface area contributed by atoms with Crippen molar-refractivity contribution in [3.05, 3.63) is 18.0 Å². The number of nitrogens with two attached hydrogens (primary N) is 1. The number of rotatable bonds is 8. The van der Waals surface area contributed by atoms with E-state index in [4.69, 9.17) is 15.2 Å². The van der Waals surface area contributed by atoms with Gasteiger partial charge in [-0.1, -0.05) is 20.3 Å². The summed E-state index contributed by atoms with van der Waals surface area (Å²) >= 11 is 0. The predicted octanol–water partition coefficient (Wildman–Crippen LogP) is 1.98. The molecule has 1 aromatic heterocycles. The number of nitrogen functional groups attached to an aromatic ring is 1. The Morgan fingerprint density at radius 2 is 2.00 bits per heavy atom. The molecule has 0 radical (unpaired) electrons. The molecule has 0 saturated heterocycles. The first-order valence-corrected chi connectivity index (χ1v) is 6.86. The number of esters is 2. The molecule has 6 heteroatoms. The fourth-order valence-electron chi connectivity index (χ4n) is 1.70. The van der Waals surface area contributed by atoms with Gasteiger partial charge in [-0.05, 0) is 18.9 Å². The van der Waals surface area contributed by atoms with Crippen LogP contribution in [0.25, 0.3) is 0 Å². The summed E-state index contributed by atoms with van der Waals surface area (Å²) in [6, 6.07) is 1.54. The number of carbonyl (C=O) groups excluding carboxylic acids is 2. The lowest BCUT2D eigenvalue weighted by molar-refractivity contribution is -0.147. The van der Waals surface area contributed by atoms with Crippen LogP contribution in [0.4, 0.5) is 5.69 Å². The molecule has 6 nitrogen and oxygen atoms in total. The van der Waals surface area contributed by atoms with Gasteiger partial charge in [-0.3, -0.25) is 0 Å². The molecule has 0 fully saturated rings. The quantitative estimate of drug-likeness (QED) is 0.582. The van der Waals surface area contributed by atoms with Crippen LogP contribution in [0.1, 0.15) is 43.6 Å². The van der Waals surface area contributed by atoms with Gasteiger partial charge in [0.15, 0.2) is 6.61 Å². The molecular formula is C14H22N2O4. The van der Waals surface area contributed by atoms with Crippen LogP contribution in [0.3, 0.4) is 0 Å². The maximum atomic E-state index is 11.9. The summed E-state index contributed by atoms with van der Waals surface area (Å²) in [5, 5.41) is 0.